The zero-order valence-electron chi connectivity index (χ0n) is 30.6. The van der Waals surface area contributed by atoms with Gasteiger partial charge in [0.05, 0.1) is 0 Å². The Morgan fingerprint density at radius 1 is 0.529 bits per heavy atom. The lowest BCUT2D eigenvalue weighted by Crippen LogP contribution is -2.48. The number of benzene rings is 4. The van der Waals surface area contributed by atoms with E-state index in [1.54, 1.807) is 0 Å². The second-order valence-electron chi connectivity index (χ2n) is 14.9. The SMILES string of the molecule is C[C@H](CCN1CCC(NC(=O)CC(=O)NC2CCN(CC[C@@H](C)c3ccc(-c4ccccc4)cc3)CC2)CC1)c1ccc(-c2ccccc2)cc1. The molecule has 51 heavy (non-hydrogen) atoms. The topological polar surface area (TPSA) is 64.7 Å². The highest BCUT2D eigenvalue weighted by molar-refractivity contribution is 5.97. The molecule has 2 aliphatic rings. The van der Waals surface area contributed by atoms with Crippen molar-refractivity contribution < 1.29 is 9.59 Å². The number of nitrogens with one attached hydrogen (secondary N) is 2. The molecule has 0 radical (unpaired) electrons. The number of likely N-dealkylation sites (tertiary alicyclic amines) is 2. The van der Waals surface area contributed by atoms with Gasteiger partial charge in [-0.15, -0.1) is 0 Å². The highest BCUT2D eigenvalue weighted by Crippen LogP contribution is 2.27. The Morgan fingerprint density at radius 2 is 0.863 bits per heavy atom. The van der Waals surface area contributed by atoms with Gasteiger partial charge in [-0.2, -0.15) is 0 Å². The second kappa shape index (κ2) is 18.3. The minimum absolute atomic E-state index is 0.0818. The molecule has 4 aromatic rings. The molecule has 2 saturated heterocycles. The Kier molecular flexibility index (Phi) is 13.1. The third-order valence-electron chi connectivity index (χ3n) is 11.2. The number of hydrogen-bond donors (Lipinski definition) is 2. The maximum absolute atomic E-state index is 12.7. The van der Waals surface area contributed by atoms with Crippen LogP contribution >= 0.6 is 0 Å². The third kappa shape index (κ3) is 10.9. The summed E-state index contributed by atoms with van der Waals surface area (Å²) in [5.41, 5.74) is 7.78. The molecule has 2 aliphatic heterocycles. The molecule has 0 saturated carbocycles. The Morgan fingerprint density at radius 3 is 1.22 bits per heavy atom. The highest BCUT2D eigenvalue weighted by atomic mass is 16.2. The first kappa shape index (κ1) is 36.5. The Labute approximate surface area is 305 Å². The first-order valence-corrected chi connectivity index (χ1v) is 19.2. The zero-order chi connectivity index (χ0) is 35.4. The molecule has 2 heterocycles. The van der Waals surface area contributed by atoms with E-state index in [-0.39, 0.29) is 30.3 Å². The van der Waals surface area contributed by atoms with Crippen molar-refractivity contribution >= 4 is 11.8 Å². The summed E-state index contributed by atoms with van der Waals surface area (Å²) in [6.45, 7) is 10.7. The second-order valence-corrected chi connectivity index (χ2v) is 14.9. The van der Waals surface area contributed by atoms with Crippen molar-refractivity contribution in [3.05, 3.63) is 120 Å². The van der Waals surface area contributed by atoms with Crippen LogP contribution in [0.1, 0.15) is 81.8 Å². The van der Waals surface area contributed by atoms with Gasteiger partial charge in [-0.05, 0) is 96.8 Å². The first-order valence-electron chi connectivity index (χ1n) is 19.2. The molecule has 2 fully saturated rings. The molecule has 0 bridgehead atoms. The molecule has 4 aromatic carbocycles. The van der Waals surface area contributed by atoms with Gasteiger partial charge in [0, 0.05) is 38.3 Å². The Balaban J connectivity index is 0.820. The third-order valence-corrected chi connectivity index (χ3v) is 11.2. The molecule has 6 rings (SSSR count). The van der Waals surface area contributed by atoms with Crippen LogP contribution in [0.2, 0.25) is 0 Å². The molecular formula is C45H56N4O2. The van der Waals surface area contributed by atoms with Gasteiger partial charge in [0.1, 0.15) is 6.42 Å². The van der Waals surface area contributed by atoms with Crippen molar-refractivity contribution in [3.8, 4) is 22.3 Å². The van der Waals surface area contributed by atoms with Crippen molar-refractivity contribution in [1.29, 1.82) is 0 Å². The summed E-state index contributed by atoms with van der Waals surface area (Å²) < 4.78 is 0. The fourth-order valence-corrected chi connectivity index (χ4v) is 7.66. The maximum atomic E-state index is 12.7. The van der Waals surface area contributed by atoms with Crippen LogP contribution < -0.4 is 10.6 Å². The predicted octanol–water partition coefficient (Wildman–Crippen LogP) is 8.26. The molecule has 0 aromatic heterocycles. The van der Waals surface area contributed by atoms with Gasteiger partial charge in [-0.25, -0.2) is 0 Å². The number of piperidine rings is 2. The molecule has 2 N–H and O–H groups in total. The van der Waals surface area contributed by atoms with E-state index >= 15 is 0 Å². The van der Waals surface area contributed by atoms with Crippen LogP contribution in [-0.2, 0) is 9.59 Å². The summed E-state index contributed by atoms with van der Waals surface area (Å²) in [5, 5.41) is 6.28. The van der Waals surface area contributed by atoms with Gasteiger partial charge in [0.2, 0.25) is 11.8 Å². The van der Waals surface area contributed by atoms with Gasteiger partial charge >= 0.3 is 0 Å². The van der Waals surface area contributed by atoms with E-state index in [0.717, 1.165) is 77.8 Å². The molecule has 0 unspecified atom stereocenters. The zero-order valence-corrected chi connectivity index (χ0v) is 30.6. The van der Waals surface area contributed by atoms with E-state index < -0.39 is 0 Å². The summed E-state index contributed by atoms with van der Waals surface area (Å²) in [7, 11) is 0. The van der Waals surface area contributed by atoms with E-state index in [0.29, 0.717) is 11.8 Å². The van der Waals surface area contributed by atoms with E-state index in [9.17, 15) is 9.59 Å². The summed E-state index contributed by atoms with van der Waals surface area (Å²) in [6.07, 6.45) is 5.88. The minimum atomic E-state index is -0.151. The predicted molar refractivity (Wildman–Crippen MR) is 210 cm³/mol. The molecule has 6 heteroatoms. The molecule has 2 amide bonds. The molecule has 0 aliphatic carbocycles. The van der Waals surface area contributed by atoms with Crippen LogP contribution in [0.5, 0.6) is 0 Å². The number of carbonyl (C=O) groups excluding carboxylic acids is 2. The van der Waals surface area contributed by atoms with Gasteiger partial charge in [0.25, 0.3) is 0 Å². The number of amides is 2. The normalized spacial score (nSPS) is 17.5. The average molecular weight is 685 g/mol. The van der Waals surface area contributed by atoms with E-state index in [4.69, 9.17) is 0 Å². The van der Waals surface area contributed by atoms with Crippen LogP contribution in [0, 0.1) is 0 Å². The van der Waals surface area contributed by atoms with Crippen molar-refractivity contribution in [2.45, 2.75) is 82.7 Å². The van der Waals surface area contributed by atoms with Crippen LogP contribution in [-0.4, -0.2) is 73.0 Å². The van der Waals surface area contributed by atoms with Crippen LogP contribution in [0.15, 0.2) is 109 Å². The number of hydrogen-bond acceptors (Lipinski definition) is 4. The van der Waals surface area contributed by atoms with Crippen LogP contribution in [0.4, 0.5) is 0 Å². The standard InChI is InChI=1S/C45H56N4O2/c1-34(36-13-17-40(18-14-36)38-9-5-3-6-10-38)21-27-48-29-23-42(24-30-48)46-44(50)33-45(51)47-43-25-31-49(32-26-43)28-22-35(2)37-15-19-41(20-16-37)39-11-7-4-8-12-39/h3-20,34-35,42-43H,21-33H2,1-2H3,(H,46,50)(H,47,51)/t34-,35-/m1/s1. The number of carbonyl (C=O) groups is 2. The average Bonchev–Trinajstić information content (AvgIpc) is 3.18. The summed E-state index contributed by atoms with van der Waals surface area (Å²) in [4.78, 5) is 30.5. The quantitative estimate of drug-likeness (QED) is 0.131. The van der Waals surface area contributed by atoms with Gasteiger partial charge in [-0.3, -0.25) is 9.59 Å². The summed E-state index contributed by atoms with van der Waals surface area (Å²) >= 11 is 0. The lowest BCUT2D eigenvalue weighted by Gasteiger charge is -2.33. The van der Waals surface area contributed by atoms with Crippen molar-refractivity contribution in [1.82, 2.24) is 20.4 Å². The molecular weight excluding hydrogens is 629 g/mol. The fourth-order valence-electron chi connectivity index (χ4n) is 7.66. The summed E-state index contributed by atoms with van der Waals surface area (Å²) in [5.74, 6) is 0.690. The van der Waals surface area contributed by atoms with E-state index in [1.165, 1.54) is 33.4 Å². The summed E-state index contributed by atoms with van der Waals surface area (Å²) in [6, 6.07) is 39.3. The fraction of sp³-hybridized carbons (Fsp3) is 0.422. The van der Waals surface area contributed by atoms with Crippen molar-refractivity contribution in [3.63, 3.8) is 0 Å². The van der Waals surface area contributed by atoms with Gasteiger partial charge in [0.15, 0.2) is 0 Å². The molecule has 6 nitrogen and oxygen atoms in total. The van der Waals surface area contributed by atoms with Gasteiger partial charge in [-0.1, -0.05) is 123 Å². The lowest BCUT2D eigenvalue weighted by atomic mass is 9.94. The number of rotatable bonds is 14. The molecule has 2 atom stereocenters. The smallest absolute Gasteiger partial charge is 0.229 e. The first-order chi connectivity index (χ1) is 24.9. The van der Waals surface area contributed by atoms with Crippen LogP contribution in [0.25, 0.3) is 22.3 Å². The molecule has 0 spiro atoms. The van der Waals surface area contributed by atoms with E-state index in [2.05, 4.69) is 143 Å². The van der Waals surface area contributed by atoms with Gasteiger partial charge < -0.3 is 20.4 Å². The molecule has 268 valence electrons. The Hall–Kier alpha value is -4.26. The minimum Gasteiger partial charge on any atom is -0.353 e. The van der Waals surface area contributed by atoms with Crippen molar-refractivity contribution in [2.24, 2.45) is 0 Å². The van der Waals surface area contributed by atoms with Crippen LogP contribution in [0.3, 0.4) is 0 Å². The Bertz CT molecular complexity index is 1520. The lowest BCUT2D eigenvalue weighted by molar-refractivity contribution is -0.130. The maximum Gasteiger partial charge on any atom is 0.229 e. The highest BCUT2D eigenvalue weighted by Gasteiger charge is 2.24. The largest absolute Gasteiger partial charge is 0.353 e. The van der Waals surface area contributed by atoms with Crippen molar-refractivity contribution in [2.75, 3.05) is 39.3 Å². The van der Waals surface area contributed by atoms with E-state index in [1.807, 2.05) is 0 Å². The monoisotopic (exact) mass is 684 g/mol. The number of nitrogens with zero attached hydrogens (tertiary/aromatic N) is 2.